The number of halogens is 4. The first-order valence-electron chi connectivity index (χ1n) is 7.66. The van der Waals surface area contributed by atoms with Gasteiger partial charge in [0.1, 0.15) is 0 Å². The number of hydrogen-bond acceptors (Lipinski definition) is 4. The Kier molecular flexibility index (Phi) is 10.0. The number of carbonyl (C=O) groups is 2. The number of hydrogen-bond donors (Lipinski definition) is 6. The van der Waals surface area contributed by atoms with E-state index in [2.05, 4.69) is 58.1 Å². The van der Waals surface area contributed by atoms with Crippen LogP contribution in [0.25, 0.3) is 0 Å². The van der Waals surface area contributed by atoms with Gasteiger partial charge in [0.2, 0.25) is 11.9 Å². The largest absolute Gasteiger partial charge is 0.369 e. The number of nitrogens with zero attached hydrogens (tertiary/aromatic N) is 2. The molecule has 0 saturated heterocycles. The monoisotopic (exact) mass is 624 g/mol. The number of benzene rings is 2. The standard InChI is InChI=1S/C8H8Br2N4O.C8H8BrClN4O/c9-5-2-1-4(3-6(5)10)13-7(11)14-8(12)15;9-5-2-1-4(3-6(5)10)14(7(11)12)8(13)15/h1-3H,(H5,11,12,13,14,15);1-3H,(H3,11,12)(H2,13,15). The van der Waals surface area contributed by atoms with Gasteiger partial charge in [0.25, 0.3) is 0 Å². The molecule has 10 N–H and O–H groups in total. The number of urea groups is 2. The van der Waals surface area contributed by atoms with Crippen LogP contribution in [0.15, 0.2) is 54.8 Å². The van der Waals surface area contributed by atoms with Crippen LogP contribution in [0.4, 0.5) is 21.0 Å². The fraction of sp³-hybridized carbons (Fsp3) is 0. The zero-order chi connectivity index (χ0) is 23.0. The molecule has 160 valence electrons. The Labute approximate surface area is 201 Å². The van der Waals surface area contributed by atoms with Gasteiger partial charge in [-0.15, -0.1) is 0 Å². The van der Waals surface area contributed by atoms with Crippen molar-refractivity contribution in [3.05, 3.63) is 54.8 Å². The molecule has 0 aliphatic carbocycles. The van der Waals surface area contributed by atoms with E-state index in [1.807, 2.05) is 0 Å². The smallest absolute Gasteiger partial charge is 0.326 e. The van der Waals surface area contributed by atoms with Gasteiger partial charge < -0.3 is 22.9 Å². The van der Waals surface area contributed by atoms with E-state index in [1.54, 1.807) is 30.3 Å². The molecule has 4 amide bonds. The van der Waals surface area contributed by atoms with E-state index < -0.39 is 18.0 Å². The normalized spacial score (nSPS) is 10.5. The van der Waals surface area contributed by atoms with Gasteiger partial charge in [0, 0.05) is 13.4 Å². The molecule has 2 aromatic carbocycles. The number of amides is 4. The predicted octanol–water partition coefficient (Wildman–Crippen LogP) is 3.71. The van der Waals surface area contributed by atoms with E-state index in [0.717, 1.165) is 13.8 Å². The highest BCUT2D eigenvalue weighted by atomic mass is 79.9. The lowest BCUT2D eigenvalue weighted by atomic mass is 10.3. The van der Waals surface area contributed by atoms with Crippen molar-refractivity contribution in [1.82, 2.24) is 5.32 Å². The fourth-order valence-corrected chi connectivity index (χ4v) is 2.89. The van der Waals surface area contributed by atoms with Gasteiger partial charge in [0.05, 0.1) is 16.4 Å². The molecule has 0 saturated carbocycles. The van der Waals surface area contributed by atoms with Crippen LogP contribution in [0.2, 0.25) is 5.02 Å². The molecule has 0 bridgehead atoms. The van der Waals surface area contributed by atoms with Crippen LogP contribution in [0.5, 0.6) is 0 Å². The Morgan fingerprint density at radius 2 is 1.57 bits per heavy atom. The first-order valence-corrected chi connectivity index (χ1v) is 10.4. The third-order valence-corrected chi connectivity index (χ3v) is 6.14. The van der Waals surface area contributed by atoms with Gasteiger partial charge >= 0.3 is 12.1 Å². The first-order chi connectivity index (χ1) is 13.9. The summed E-state index contributed by atoms with van der Waals surface area (Å²) in [7, 11) is 0. The number of primary amides is 2. The number of nitrogens with one attached hydrogen (secondary N) is 2. The molecular formula is C16H16Br3ClN8O2. The van der Waals surface area contributed by atoms with Crippen molar-refractivity contribution in [2.24, 2.45) is 27.9 Å². The van der Waals surface area contributed by atoms with Crippen molar-refractivity contribution in [1.29, 1.82) is 5.41 Å². The lowest BCUT2D eigenvalue weighted by Crippen LogP contribution is -2.44. The van der Waals surface area contributed by atoms with E-state index >= 15 is 0 Å². The molecule has 10 nitrogen and oxygen atoms in total. The van der Waals surface area contributed by atoms with E-state index in [4.69, 9.17) is 39.9 Å². The molecule has 0 unspecified atom stereocenters. The van der Waals surface area contributed by atoms with Crippen molar-refractivity contribution >= 4 is 94.7 Å². The summed E-state index contributed by atoms with van der Waals surface area (Å²) in [6.45, 7) is 0. The van der Waals surface area contributed by atoms with E-state index in [0.29, 0.717) is 20.9 Å². The minimum atomic E-state index is -0.833. The van der Waals surface area contributed by atoms with Gasteiger partial charge in [-0.3, -0.25) is 10.7 Å². The Bertz CT molecular complexity index is 988. The average molecular weight is 628 g/mol. The van der Waals surface area contributed by atoms with Crippen molar-refractivity contribution in [3.63, 3.8) is 0 Å². The van der Waals surface area contributed by atoms with Gasteiger partial charge in [-0.2, -0.15) is 0 Å². The summed E-state index contributed by atoms with van der Waals surface area (Å²) in [6.07, 6.45) is 0. The molecule has 0 atom stereocenters. The minimum Gasteiger partial charge on any atom is -0.369 e. The second-order valence-electron chi connectivity index (χ2n) is 5.24. The lowest BCUT2D eigenvalue weighted by molar-refractivity contribution is 0.252. The summed E-state index contributed by atoms with van der Waals surface area (Å²) >= 11 is 15.7. The highest BCUT2D eigenvalue weighted by molar-refractivity contribution is 9.13. The summed E-state index contributed by atoms with van der Waals surface area (Å²) in [5, 5.41) is 9.76. The molecule has 0 spiro atoms. The Hall–Kier alpha value is -2.35. The maximum atomic E-state index is 11.0. The minimum absolute atomic E-state index is 0.0447. The van der Waals surface area contributed by atoms with Gasteiger partial charge in [-0.1, -0.05) is 11.6 Å². The zero-order valence-electron chi connectivity index (χ0n) is 15.0. The zero-order valence-corrected chi connectivity index (χ0v) is 20.5. The van der Waals surface area contributed by atoms with Gasteiger partial charge in [-0.25, -0.2) is 19.5 Å². The van der Waals surface area contributed by atoms with Crippen molar-refractivity contribution < 1.29 is 9.59 Å². The summed E-state index contributed by atoms with van der Waals surface area (Å²) in [5.74, 6) is -0.502. The predicted molar refractivity (Wildman–Crippen MR) is 129 cm³/mol. The quantitative estimate of drug-likeness (QED) is 0.219. The third-order valence-electron chi connectivity index (χ3n) is 3.03. The molecule has 14 heteroatoms. The van der Waals surface area contributed by atoms with Crippen molar-refractivity contribution in [2.45, 2.75) is 0 Å². The number of carbonyl (C=O) groups excluding carboxylic acids is 2. The SMILES string of the molecule is N=C(N)N(C(N)=O)c1ccc(Br)c(Cl)c1.NC(=O)NC(N)=Nc1ccc(Br)c(Br)c1. The number of nitrogens with two attached hydrogens (primary N) is 4. The summed E-state index contributed by atoms with van der Waals surface area (Å²) in [6, 6.07) is 8.41. The highest BCUT2D eigenvalue weighted by Gasteiger charge is 2.16. The van der Waals surface area contributed by atoms with E-state index in [9.17, 15) is 9.59 Å². The van der Waals surface area contributed by atoms with Crippen molar-refractivity contribution in [2.75, 3.05) is 4.90 Å². The van der Waals surface area contributed by atoms with Crippen LogP contribution >= 0.6 is 59.4 Å². The number of anilines is 1. The first kappa shape index (κ1) is 25.7. The van der Waals surface area contributed by atoms with E-state index in [1.165, 1.54) is 6.07 Å². The topological polar surface area (TPSA) is 190 Å². The Morgan fingerprint density at radius 1 is 0.967 bits per heavy atom. The number of rotatable bonds is 2. The molecular weight excluding hydrogens is 611 g/mol. The van der Waals surface area contributed by atoms with Crippen LogP contribution in [0.3, 0.4) is 0 Å². The molecule has 30 heavy (non-hydrogen) atoms. The van der Waals surface area contributed by atoms with Crippen LogP contribution < -0.4 is 33.2 Å². The highest BCUT2D eigenvalue weighted by Crippen LogP contribution is 2.28. The molecule has 0 aliphatic rings. The summed E-state index contributed by atoms with van der Waals surface area (Å²) in [4.78, 5) is 26.2. The molecule has 0 aromatic heterocycles. The molecule has 0 aliphatic heterocycles. The number of aliphatic imine (C=N–C) groups is 1. The molecule has 0 radical (unpaired) electrons. The van der Waals surface area contributed by atoms with Crippen LogP contribution in [-0.2, 0) is 0 Å². The molecule has 2 rings (SSSR count). The molecule has 0 heterocycles. The Balaban J connectivity index is 0.000000300. The van der Waals surface area contributed by atoms with E-state index in [-0.39, 0.29) is 5.96 Å². The van der Waals surface area contributed by atoms with Crippen LogP contribution in [0.1, 0.15) is 0 Å². The Morgan fingerprint density at radius 3 is 2.03 bits per heavy atom. The maximum absolute atomic E-state index is 11.0. The van der Waals surface area contributed by atoms with Crippen LogP contribution in [-0.4, -0.2) is 24.0 Å². The second kappa shape index (κ2) is 11.7. The van der Waals surface area contributed by atoms with Crippen LogP contribution in [0, 0.1) is 5.41 Å². The third kappa shape index (κ3) is 8.18. The molecule has 2 aromatic rings. The maximum Gasteiger partial charge on any atom is 0.326 e. The average Bonchev–Trinajstić information content (AvgIpc) is 2.60. The fourth-order valence-electron chi connectivity index (χ4n) is 1.86. The lowest BCUT2D eigenvalue weighted by Gasteiger charge is -2.18. The summed E-state index contributed by atoms with van der Waals surface area (Å²) in [5.41, 5.74) is 21.5. The number of guanidine groups is 2. The van der Waals surface area contributed by atoms with Crippen molar-refractivity contribution in [3.8, 4) is 0 Å². The van der Waals surface area contributed by atoms with Gasteiger partial charge in [-0.05, 0) is 84.2 Å². The second-order valence-corrected chi connectivity index (χ2v) is 8.21. The summed E-state index contributed by atoms with van der Waals surface area (Å²) < 4.78 is 2.43. The van der Waals surface area contributed by atoms with Gasteiger partial charge in [0.15, 0.2) is 0 Å². The molecule has 0 fully saturated rings.